The molecule has 0 bridgehead atoms. The highest BCUT2D eigenvalue weighted by molar-refractivity contribution is 9.10. The summed E-state index contributed by atoms with van der Waals surface area (Å²) in [6.07, 6.45) is 2.02. The number of carbonyl (C=O) groups is 2. The minimum Gasteiger partial charge on any atom is -0.478 e. The second-order valence-electron chi connectivity index (χ2n) is 4.27. The van der Waals surface area contributed by atoms with Gasteiger partial charge in [-0.15, -0.1) is 0 Å². The van der Waals surface area contributed by atoms with Crippen molar-refractivity contribution in [1.29, 1.82) is 0 Å². The van der Waals surface area contributed by atoms with Gasteiger partial charge in [-0.25, -0.2) is 9.59 Å². The van der Waals surface area contributed by atoms with Crippen LogP contribution in [0.1, 0.15) is 23.2 Å². The number of carbonyl (C=O) groups excluding carboxylic acids is 1. The SMILES string of the molecule is CN(C(=O)Nc1ccc(Br)cc1C(=O)O)C1CC1. The molecule has 18 heavy (non-hydrogen) atoms. The molecule has 0 saturated heterocycles. The van der Waals surface area contributed by atoms with Crippen LogP contribution in [0, 0.1) is 0 Å². The lowest BCUT2D eigenvalue weighted by molar-refractivity contribution is 0.0698. The van der Waals surface area contributed by atoms with Gasteiger partial charge in [0.05, 0.1) is 11.3 Å². The molecule has 1 aromatic rings. The number of hydrogen-bond acceptors (Lipinski definition) is 2. The second-order valence-corrected chi connectivity index (χ2v) is 5.18. The van der Waals surface area contributed by atoms with Gasteiger partial charge in [0.1, 0.15) is 0 Å². The Morgan fingerprint density at radius 3 is 2.67 bits per heavy atom. The maximum Gasteiger partial charge on any atom is 0.337 e. The quantitative estimate of drug-likeness (QED) is 0.901. The number of nitrogens with zero attached hydrogens (tertiary/aromatic N) is 1. The lowest BCUT2D eigenvalue weighted by Crippen LogP contribution is -2.33. The van der Waals surface area contributed by atoms with E-state index in [2.05, 4.69) is 21.2 Å². The van der Waals surface area contributed by atoms with E-state index in [0.29, 0.717) is 10.2 Å². The normalized spacial score (nSPS) is 14.1. The monoisotopic (exact) mass is 312 g/mol. The third-order valence-electron chi connectivity index (χ3n) is 2.87. The molecule has 1 aliphatic rings. The third-order valence-corrected chi connectivity index (χ3v) is 3.36. The van der Waals surface area contributed by atoms with Gasteiger partial charge in [0.25, 0.3) is 0 Å². The highest BCUT2D eigenvalue weighted by Gasteiger charge is 2.30. The first-order valence-electron chi connectivity index (χ1n) is 5.55. The lowest BCUT2D eigenvalue weighted by Gasteiger charge is -2.18. The first-order valence-corrected chi connectivity index (χ1v) is 6.35. The topological polar surface area (TPSA) is 69.6 Å². The van der Waals surface area contributed by atoms with E-state index in [0.717, 1.165) is 12.8 Å². The van der Waals surface area contributed by atoms with Crippen LogP contribution in [0.2, 0.25) is 0 Å². The molecule has 2 N–H and O–H groups in total. The van der Waals surface area contributed by atoms with Gasteiger partial charge < -0.3 is 15.3 Å². The van der Waals surface area contributed by atoms with Gasteiger partial charge >= 0.3 is 12.0 Å². The maximum absolute atomic E-state index is 11.9. The summed E-state index contributed by atoms with van der Waals surface area (Å²) in [6, 6.07) is 4.75. The van der Waals surface area contributed by atoms with E-state index in [4.69, 9.17) is 5.11 Å². The van der Waals surface area contributed by atoms with Crippen molar-refractivity contribution in [2.45, 2.75) is 18.9 Å². The van der Waals surface area contributed by atoms with Crippen molar-refractivity contribution in [3.63, 3.8) is 0 Å². The van der Waals surface area contributed by atoms with Crippen molar-refractivity contribution in [2.75, 3.05) is 12.4 Å². The zero-order chi connectivity index (χ0) is 13.3. The van der Waals surface area contributed by atoms with Gasteiger partial charge in [-0.05, 0) is 31.0 Å². The van der Waals surface area contributed by atoms with E-state index in [9.17, 15) is 9.59 Å². The molecular weight excluding hydrogens is 300 g/mol. The van der Waals surface area contributed by atoms with Crippen LogP contribution in [-0.4, -0.2) is 35.1 Å². The highest BCUT2D eigenvalue weighted by atomic mass is 79.9. The van der Waals surface area contributed by atoms with Crippen LogP contribution in [0.4, 0.5) is 10.5 Å². The van der Waals surface area contributed by atoms with Gasteiger partial charge in [0.2, 0.25) is 0 Å². The van der Waals surface area contributed by atoms with Gasteiger partial charge in [-0.3, -0.25) is 0 Å². The summed E-state index contributed by atoms with van der Waals surface area (Å²) in [5.41, 5.74) is 0.380. The number of aromatic carboxylic acids is 1. The lowest BCUT2D eigenvalue weighted by atomic mass is 10.2. The molecular formula is C12H13BrN2O3. The number of hydrogen-bond donors (Lipinski definition) is 2. The predicted octanol–water partition coefficient (Wildman–Crippen LogP) is 2.77. The Hall–Kier alpha value is -1.56. The summed E-state index contributed by atoms with van der Waals surface area (Å²) in [6.45, 7) is 0. The van der Waals surface area contributed by atoms with Gasteiger partial charge in [0, 0.05) is 17.6 Å². The van der Waals surface area contributed by atoms with Crippen LogP contribution < -0.4 is 5.32 Å². The van der Waals surface area contributed by atoms with Crippen LogP contribution in [0.25, 0.3) is 0 Å². The van der Waals surface area contributed by atoms with E-state index < -0.39 is 5.97 Å². The molecule has 0 spiro atoms. The molecule has 2 amide bonds. The van der Waals surface area contributed by atoms with Crippen LogP contribution in [0.5, 0.6) is 0 Å². The zero-order valence-corrected chi connectivity index (χ0v) is 11.4. The van der Waals surface area contributed by atoms with Crippen molar-refractivity contribution in [1.82, 2.24) is 4.90 Å². The Balaban J connectivity index is 2.17. The molecule has 0 aliphatic heterocycles. The van der Waals surface area contributed by atoms with Crippen molar-refractivity contribution in [3.05, 3.63) is 28.2 Å². The van der Waals surface area contributed by atoms with Gasteiger partial charge in [-0.2, -0.15) is 0 Å². The number of anilines is 1. The van der Waals surface area contributed by atoms with Crippen molar-refractivity contribution >= 4 is 33.6 Å². The first-order chi connectivity index (χ1) is 8.49. The summed E-state index contributed by atoms with van der Waals surface area (Å²) >= 11 is 3.21. The van der Waals surface area contributed by atoms with Gasteiger partial charge in [0.15, 0.2) is 0 Å². The molecule has 0 heterocycles. The third kappa shape index (κ3) is 2.81. The van der Waals surface area contributed by atoms with Crippen molar-refractivity contribution in [2.24, 2.45) is 0 Å². The molecule has 0 unspecified atom stereocenters. The van der Waals surface area contributed by atoms with Gasteiger partial charge in [-0.1, -0.05) is 15.9 Å². The second kappa shape index (κ2) is 4.97. The standard InChI is InChI=1S/C12H13BrN2O3/c1-15(8-3-4-8)12(18)14-10-5-2-7(13)6-9(10)11(16)17/h2,5-6,8H,3-4H2,1H3,(H,14,18)(H,16,17). The number of halogens is 1. The fourth-order valence-corrected chi connectivity index (χ4v) is 1.99. The summed E-state index contributed by atoms with van der Waals surface area (Å²) in [5, 5.41) is 11.7. The largest absolute Gasteiger partial charge is 0.478 e. The van der Waals surface area contributed by atoms with E-state index in [1.54, 1.807) is 24.1 Å². The minimum absolute atomic E-state index is 0.0712. The Kier molecular flexibility index (Phi) is 3.56. The number of benzene rings is 1. The summed E-state index contributed by atoms with van der Waals surface area (Å²) in [4.78, 5) is 24.6. The molecule has 1 aromatic carbocycles. The number of rotatable bonds is 3. The Morgan fingerprint density at radius 2 is 2.11 bits per heavy atom. The predicted molar refractivity (Wildman–Crippen MR) is 70.9 cm³/mol. The van der Waals surface area contributed by atoms with Crippen molar-refractivity contribution in [3.8, 4) is 0 Å². The fraction of sp³-hybridized carbons (Fsp3) is 0.333. The zero-order valence-electron chi connectivity index (χ0n) is 9.81. The summed E-state index contributed by atoms with van der Waals surface area (Å²) < 4.78 is 0.661. The van der Waals surface area contributed by atoms with E-state index in [1.807, 2.05) is 0 Å². The molecule has 1 saturated carbocycles. The van der Waals surface area contributed by atoms with Crippen LogP contribution in [-0.2, 0) is 0 Å². The first kappa shape index (κ1) is 12.9. The Labute approximate surface area is 113 Å². The molecule has 2 rings (SSSR count). The average molecular weight is 313 g/mol. The highest BCUT2D eigenvalue weighted by Crippen LogP contribution is 2.27. The molecule has 0 radical (unpaired) electrons. The molecule has 96 valence electrons. The fourth-order valence-electron chi connectivity index (χ4n) is 1.63. The number of urea groups is 1. The Morgan fingerprint density at radius 1 is 1.44 bits per heavy atom. The molecule has 5 nitrogen and oxygen atoms in total. The summed E-state index contributed by atoms with van der Waals surface area (Å²) in [5.74, 6) is -1.07. The molecule has 6 heteroatoms. The van der Waals surface area contributed by atoms with Crippen molar-refractivity contribution < 1.29 is 14.7 Å². The van der Waals surface area contributed by atoms with Crippen LogP contribution >= 0.6 is 15.9 Å². The average Bonchev–Trinajstić information content (AvgIpc) is 3.14. The maximum atomic E-state index is 11.9. The minimum atomic E-state index is -1.07. The molecule has 1 fully saturated rings. The summed E-state index contributed by atoms with van der Waals surface area (Å²) in [7, 11) is 1.71. The number of nitrogens with one attached hydrogen (secondary N) is 1. The molecule has 0 aromatic heterocycles. The Bertz CT molecular complexity index is 500. The molecule has 1 aliphatic carbocycles. The van der Waals surface area contributed by atoms with E-state index in [1.165, 1.54) is 6.07 Å². The van der Waals surface area contributed by atoms with E-state index >= 15 is 0 Å². The van der Waals surface area contributed by atoms with Crippen LogP contribution in [0.3, 0.4) is 0 Å². The number of carboxylic acids is 1. The van der Waals surface area contributed by atoms with Crippen LogP contribution in [0.15, 0.2) is 22.7 Å². The van der Waals surface area contributed by atoms with E-state index in [-0.39, 0.29) is 17.6 Å². The molecule has 0 atom stereocenters. The smallest absolute Gasteiger partial charge is 0.337 e. The number of amides is 2. The number of carboxylic acid groups (broad SMARTS) is 1.